The molecule has 2 N–H and O–H groups in total. The van der Waals surface area contributed by atoms with E-state index in [2.05, 4.69) is 33.1 Å². The van der Waals surface area contributed by atoms with Gasteiger partial charge in [0.2, 0.25) is 5.95 Å². The maximum absolute atomic E-state index is 4.08. The number of rotatable bonds is 3. The summed E-state index contributed by atoms with van der Waals surface area (Å²) in [6.07, 6.45) is 2.17. The summed E-state index contributed by atoms with van der Waals surface area (Å²) in [7, 11) is 0. The molecule has 0 amide bonds. The van der Waals surface area contributed by atoms with Crippen molar-refractivity contribution in [3.63, 3.8) is 0 Å². The van der Waals surface area contributed by atoms with Gasteiger partial charge in [0.1, 0.15) is 0 Å². The minimum absolute atomic E-state index is 0.421. The summed E-state index contributed by atoms with van der Waals surface area (Å²) in [4.78, 5) is 0. The lowest BCUT2D eigenvalue weighted by molar-refractivity contribution is 0.394. The fourth-order valence-corrected chi connectivity index (χ4v) is 2.47. The van der Waals surface area contributed by atoms with Crippen LogP contribution in [0.3, 0.4) is 0 Å². The van der Waals surface area contributed by atoms with Gasteiger partial charge < -0.3 is 10.6 Å². The number of tetrazole rings is 1. The van der Waals surface area contributed by atoms with Gasteiger partial charge in [0.05, 0.1) is 5.69 Å². The van der Waals surface area contributed by atoms with E-state index in [-0.39, 0.29) is 0 Å². The van der Waals surface area contributed by atoms with Gasteiger partial charge in [-0.05, 0) is 48.9 Å². The van der Waals surface area contributed by atoms with E-state index in [0.29, 0.717) is 18.0 Å². The van der Waals surface area contributed by atoms with Gasteiger partial charge in [-0.25, -0.2) is 0 Å². The Hall–Kier alpha value is -1.95. The van der Waals surface area contributed by atoms with Gasteiger partial charge in [-0.1, -0.05) is 23.3 Å². The molecule has 1 saturated heterocycles. The molecule has 19 heavy (non-hydrogen) atoms. The number of hydrogen-bond acceptors (Lipinski definition) is 5. The maximum atomic E-state index is 4.08. The molecule has 2 atom stereocenters. The number of benzene rings is 1. The number of hydrogen-bond donors (Lipinski definition) is 2. The van der Waals surface area contributed by atoms with Crippen LogP contribution in [0.4, 0.5) is 5.95 Å². The van der Waals surface area contributed by atoms with Crippen molar-refractivity contribution in [2.45, 2.75) is 31.8 Å². The number of anilines is 1. The van der Waals surface area contributed by atoms with E-state index in [9.17, 15) is 0 Å². The summed E-state index contributed by atoms with van der Waals surface area (Å²) in [5, 5.41) is 18.8. The van der Waals surface area contributed by atoms with Crippen LogP contribution in [0, 0.1) is 0 Å². The Morgan fingerprint density at radius 2 is 2.16 bits per heavy atom. The Morgan fingerprint density at radius 1 is 1.32 bits per heavy atom. The fraction of sp³-hybridized carbons (Fsp3) is 0.462. The lowest BCUT2D eigenvalue weighted by atomic mass is 10.0. The van der Waals surface area contributed by atoms with Crippen molar-refractivity contribution >= 4 is 5.95 Å². The van der Waals surface area contributed by atoms with Crippen LogP contribution in [-0.2, 0) is 0 Å². The molecule has 0 spiro atoms. The standard InChI is InChI=1S/C13H18N6/c1-10-9-11(7-8-14-10)15-13-16-17-18-19(13)12-5-3-2-4-6-12/h2-6,10-11,14H,7-9H2,1H3,(H,15,16,18). The monoisotopic (exact) mass is 258 g/mol. The van der Waals surface area contributed by atoms with Crippen LogP contribution in [0.25, 0.3) is 5.69 Å². The van der Waals surface area contributed by atoms with Crippen LogP contribution in [0.15, 0.2) is 30.3 Å². The third-order valence-corrected chi connectivity index (χ3v) is 3.43. The zero-order chi connectivity index (χ0) is 13.1. The van der Waals surface area contributed by atoms with Gasteiger partial charge in [-0.2, -0.15) is 4.68 Å². The minimum atomic E-state index is 0.421. The first kappa shape index (κ1) is 12.1. The van der Waals surface area contributed by atoms with Gasteiger partial charge in [0.25, 0.3) is 0 Å². The second-order valence-corrected chi connectivity index (χ2v) is 4.97. The molecule has 2 unspecified atom stereocenters. The smallest absolute Gasteiger partial charge is 0.247 e. The van der Waals surface area contributed by atoms with Crippen LogP contribution >= 0.6 is 0 Å². The Morgan fingerprint density at radius 3 is 2.95 bits per heavy atom. The summed E-state index contributed by atoms with van der Waals surface area (Å²) in [6, 6.07) is 10.9. The average Bonchev–Trinajstić information content (AvgIpc) is 2.88. The summed E-state index contributed by atoms with van der Waals surface area (Å²) in [6.45, 7) is 3.24. The zero-order valence-electron chi connectivity index (χ0n) is 11.0. The third kappa shape index (κ3) is 2.73. The average molecular weight is 258 g/mol. The summed E-state index contributed by atoms with van der Waals surface area (Å²) < 4.78 is 1.74. The van der Waals surface area contributed by atoms with E-state index in [4.69, 9.17) is 0 Å². The molecular formula is C13H18N6. The summed E-state index contributed by atoms with van der Waals surface area (Å²) in [5.41, 5.74) is 0.969. The van der Waals surface area contributed by atoms with E-state index in [1.54, 1.807) is 4.68 Å². The molecule has 1 aliphatic heterocycles. The first-order valence-electron chi connectivity index (χ1n) is 6.66. The van der Waals surface area contributed by atoms with Crippen molar-refractivity contribution in [2.24, 2.45) is 0 Å². The van der Waals surface area contributed by atoms with Crippen LogP contribution in [-0.4, -0.2) is 38.8 Å². The maximum Gasteiger partial charge on any atom is 0.247 e. The summed E-state index contributed by atoms with van der Waals surface area (Å²) >= 11 is 0. The van der Waals surface area contributed by atoms with E-state index >= 15 is 0 Å². The van der Waals surface area contributed by atoms with Gasteiger partial charge in [-0.15, -0.1) is 0 Å². The quantitative estimate of drug-likeness (QED) is 0.866. The molecule has 2 heterocycles. The number of piperidine rings is 1. The summed E-state index contributed by atoms with van der Waals surface area (Å²) in [5.74, 6) is 0.713. The van der Waals surface area contributed by atoms with Crippen LogP contribution in [0.1, 0.15) is 19.8 Å². The number of nitrogens with one attached hydrogen (secondary N) is 2. The normalized spacial score (nSPS) is 23.2. The van der Waals surface area contributed by atoms with Crippen LogP contribution < -0.4 is 10.6 Å². The number of aromatic nitrogens is 4. The molecule has 1 aromatic carbocycles. The molecular weight excluding hydrogens is 240 g/mol. The van der Waals surface area contributed by atoms with Crippen LogP contribution in [0.2, 0.25) is 0 Å². The largest absolute Gasteiger partial charge is 0.350 e. The predicted octanol–water partition coefficient (Wildman–Crippen LogP) is 1.21. The minimum Gasteiger partial charge on any atom is -0.350 e. The van der Waals surface area contributed by atoms with E-state index in [1.165, 1.54) is 0 Å². The van der Waals surface area contributed by atoms with Crippen molar-refractivity contribution in [1.82, 2.24) is 25.5 Å². The molecule has 0 saturated carbocycles. The fourth-order valence-electron chi connectivity index (χ4n) is 2.47. The Bertz CT molecular complexity index is 523. The molecule has 0 bridgehead atoms. The molecule has 3 rings (SSSR count). The first-order chi connectivity index (χ1) is 9.33. The SMILES string of the molecule is CC1CC(Nc2nnnn2-c2ccccc2)CCN1. The van der Waals surface area contributed by atoms with Gasteiger partial charge in [0.15, 0.2) is 0 Å². The van der Waals surface area contributed by atoms with Crippen molar-refractivity contribution in [2.75, 3.05) is 11.9 Å². The predicted molar refractivity (Wildman–Crippen MR) is 73.3 cm³/mol. The molecule has 1 aliphatic rings. The number of para-hydroxylation sites is 1. The number of nitrogens with zero attached hydrogens (tertiary/aromatic N) is 4. The molecule has 6 nitrogen and oxygen atoms in total. The van der Waals surface area contributed by atoms with Gasteiger partial charge in [-0.3, -0.25) is 0 Å². The Balaban J connectivity index is 1.77. The third-order valence-electron chi connectivity index (χ3n) is 3.43. The second-order valence-electron chi connectivity index (χ2n) is 4.97. The van der Waals surface area contributed by atoms with E-state index in [1.807, 2.05) is 30.3 Å². The van der Waals surface area contributed by atoms with Crippen molar-refractivity contribution < 1.29 is 0 Å². The van der Waals surface area contributed by atoms with Crippen LogP contribution in [0.5, 0.6) is 0 Å². The highest BCUT2D eigenvalue weighted by Crippen LogP contribution is 2.16. The van der Waals surface area contributed by atoms with Crippen molar-refractivity contribution in [1.29, 1.82) is 0 Å². The lowest BCUT2D eigenvalue weighted by Gasteiger charge is -2.28. The highest BCUT2D eigenvalue weighted by Gasteiger charge is 2.20. The molecule has 0 aliphatic carbocycles. The lowest BCUT2D eigenvalue weighted by Crippen LogP contribution is -2.41. The molecule has 0 radical (unpaired) electrons. The second kappa shape index (κ2) is 5.36. The molecule has 1 fully saturated rings. The molecule has 100 valence electrons. The highest BCUT2D eigenvalue weighted by molar-refractivity contribution is 5.38. The van der Waals surface area contributed by atoms with E-state index in [0.717, 1.165) is 25.1 Å². The van der Waals surface area contributed by atoms with Crippen molar-refractivity contribution in [3.8, 4) is 5.69 Å². The topological polar surface area (TPSA) is 67.7 Å². The van der Waals surface area contributed by atoms with E-state index < -0.39 is 0 Å². The molecule has 2 aromatic rings. The Kier molecular flexibility index (Phi) is 3.41. The van der Waals surface area contributed by atoms with Crippen molar-refractivity contribution in [3.05, 3.63) is 30.3 Å². The Labute approximate surface area is 112 Å². The zero-order valence-corrected chi connectivity index (χ0v) is 11.0. The molecule has 6 heteroatoms. The highest BCUT2D eigenvalue weighted by atomic mass is 15.6. The first-order valence-corrected chi connectivity index (χ1v) is 6.66. The van der Waals surface area contributed by atoms with Gasteiger partial charge >= 0.3 is 0 Å². The molecule has 1 aromatic heterocycles. The van der Waals surface area contributed by atoms with Gasteiger partial charge in [0, 0.05) is 12.1 Å².